The summed E-state index contributed by atoms with van der Waals surface area (Å²) in [4.78, 5) is 14.5. The summed E-state index contributed by atoms with van der Waals surface area (Å²) in [7, 11) is 0. The highest BCUT2D eigenvalue weighted by Gasteiger charge is 2.32. The van der Waals surface area contributed by atoms with E-state index in [-0.39, 0.29) is 17.2 Å². The minimum Gasteiger partial charge on any atom is -0.511 e. The molecule has 3 aromatic rings. The van der Waals surface area contributed by atoms with Crippen molar-refractivity contribution in [2.75, 3.05) is 0 Å². The second-order valence-electron chi connectivity index (χ2n) is 7.06. The number of H-pyrrole nitrogens is 1. The van der Waals surface area contributed by atoms with E-state index in [1.807, 2.05) is 0 Å². The van der Waals surface area contributed by atoms with Gasteiger partial charge in [-0.15, -0.1) is 0 Å². The van der Waals surface area contributed by atoms with Crippen LogP contribution in [-0.2, 0) is 17.5 Å². The highest BCUT2D eigenvalue weighted by molar-refractivity contribution is 9.10. The van der Waals surface area contributed by atoms with Gasteiger partial charge in [-0.05, 0) is 46.6 Å². The van der Waals surface area contributed by atoms with E-state index in [2.05, 4.69) is 35.9 Å². The fourth-order valence-electron chi connectivity index (χ4n) is 3.15. The Morgan fingerprint density at radius 2 is 1.97 bits per heavy atom. The first kappa shape index (κ1) is 22.9. The van der Waals surface area contributed by atoms with E-state index in [0.29, 0.717) is 40.4 Å². The fraction of sp³-hybridized carbons (Fsp3) is 0.190. The molecule has 1 unspecified atom stereocenters. The number of ether oxygens (including phenoxy) is 1. The number of allylic oxidation sites excluding steroid dienone is 3. The molecule has 1 atom stereocenters. The number of aliphatic hydroxyl groups excluding tert-OH is 1. The second kappa shape index (κ2) is 8.93. The number of aliphatic hydroxyl groups is 1. The number of hydrogen-bond acceptors (Lipinski definition) is 5. The Morgan fingerprint density at radius 3 is 2.61 bits per heavy atom. The third kappa shape index (κ3) is 5.05. The number of rotatable bonds is 5. The van der Waals surface area contributed by atoms with E-state index in [1.54, 1.807) is 6.08 Å². The van der Waals surface area contributed by atoms with Gasteiger partial charge in [0.1, 0.15) is 40.1 Å². The van der Waals surface area contributed by atoms with E-state index < -0.39 is 36.0 Å². The van der Waals surface area contributed by atoms with Crippen molar-refractivity contribution in [2.45, 2.75) is 25.1 Å². The van der Waals surface area contributed by atoms with Gasteiger partial charge < -0.3 is 14.8 Å². The molecule has 0 spiro atoms. The predicted octanol–water partition coefficient (Wildman–Crippen LogP) is 5.96. The summed E-state index contributed by atoms with van der Waals surface area (Å²) < 4.78 is 70.7. The molecule has 0 radical (unpaired) electrons. The van der Waals surface area contributed by atoms with E-state index in [4.69, 9.17) is 4.74 Å². The molecule has 0 aromatic carbocycles. The molecule has 1 aliphatic rings. The lowest BCUT2D eigenvalue weighted by Gasteiger charge is -2.19. The van der Waals surface area contributed by atoms with Crippen LogP contribution in [0.15, 0.2) is 58.9 Å². The lowest BCUT2D eigenvalue weighted by Crippen LogP contribution is -2.10. The molecule has 0 amide bonds. The van der Waals surface area contributed by atoms with E-state index in [1.165, 1.54) is 24.4 Å². The highest BCUT2D eigenvalue weighted by Crippen LogP contribution is 2.36. The summed E-state index contributed by atoms with van der Waals surface area (Å²) in [5.41, 5.74) is -0.378. The Kier molecular flexibility index (Phi) is 6.19. The van der Waals surface area contributed by atoms with Crippen molar-refractivity contribution in [3.05, 3.63) is 87.6 Å². The smallest absolute Gasteiger partial charge is 0.417 e. The van der Waals surface area contributed by atoms with E-state index in [0.717, 1.165) is 0 Å². The monoisotopic (exact) mass is 528 g/mol. The molecule has 0 saturated heterocycles. The zero-order valence-corrected chi connectivity index (χ0v) is 18.1. The van der Waals surface area contributed by atoms with E-state index >= 15 is 0 Å². The molecule has 6 nitrogen and oxygen atoms in total. The average Bonchev–Trinajstić information content (AvgIpc) is 3.14. The molecule has 172 valence electrons. The van der Waals surface area contributed by atoms with Gasteiger partial charge in [0.2, 0.25) is 5.95 Å². The maximum atomic E-state index is 13.9. The molecule has 12 heteroatoms. The van der Waals surface area contributed by atoms with Gasteiger partial charge in [0.15, 0.2) is 0 Å². The van der Waals surface area contributed by atoms with Gasteiger partial charge >= 0.3 is 6.18 Å². The van der Waals surface area contributed by atoms with Crippen LogP contribution < -0.4 is 0 Å². The third-order valence-corrected chi connectivity index (χ3v) is 5.46. The molecular formula is C21H14BrF5N4O2. The second-order valence-corrected chi connectivity index (χ2v) is 7.81. The van der Waals surface area contributed by atoms with Gasteiger partial charge in [-0.25, -0.2) is 14.4 Å². The first-order valence-corrected chi connectivity index (χ1v) is 10.2. The van der Waals surface area contributed by atoms with Crippen LogP contribution in [0.2, 0.25) is 0 Å². The Balaban J connectivity index is 1.45. The van der Waals surface area contributed by atoms with Gasteiger partial charge in [-0.3, -0.25) is 4.98 Å². The molecule has 0 bridgehead atoms. The number of hydrogen-bond donors (Lipinski definition) is 2. The number of nitrogens with one attached hydrogen (secondary N) is 1. The van der Waals surface area contributed by atoms with Crippen LogP contribution >= 0.6 is 15.9 Å². The van der Waals surface area contributed by atoms with Crippen LogP contribution in [-0.4, -0.2) is 25.0 Å². The molecule has 0 aliphatic heterocycles. The van der Waals surface area contributed by atoms with Crippen molar-refractivity contribution < 1.29 is 31.8 Å². The van der Waals surface area contributed by atoms with Gasteiger partial charge in [-0.1, -0.05) is 0 Å². The normalized spacial score (nSPS) is 16.4. The van der Waals surface area contributed by atoms with Crippen LogP contribution in [0.4, 0.5) is 22.0 Å². The van der Waals surface area contributed by atoms with Crippen molar-refractivity contribution >= 4 is 15.9 Å². The summed E-state index contributed by atoms with van der Waals surface area (Å²) in [6.07, 6.45) is 0.409. The molecule has 3 aromatic heterocycles. The maximum absolute atomic E-state index is 13.9. The van der Waals surface area contributed by atoms with Crippen molar-refractivity contribution in [3.63, 3.8) is 0 Å². The molecule has 0 fully saturated rings. The SMILES string of the molecule is OC1=CC(OCc2ncc(C(F)(F)F)cc2F)=CCC1c1[nH]c(-c2ccc(F)nc2)nc1Br. The summed E-state index contributed by atoms with van der Waals surface area (Å²) in [6.45, 7) is -0.417. The summed E-state index contributed by atoms with van der Waals surface area (Å²) >= 11 is 3.34. The zero-order valence-electron chi connectivity index (χ0n) is 16.5. The van der Waals surface area contributed by atoms with Crippen molar-refractivity contribution in [1.82, 2.24) is 19.9 Å². The average molecular weight is 529 g/mol. The standard InChI is InChI=1S/C21H14BrF5N4O2/c22-19-18(30-20(31-19)10-1-4-17(24)29-7-10)13-3-2-12(6-16(13)32)33-9-15-14(23)5-11(8-28-15)21(25,26)27/h1-2,4-8,13,32H,3,9H2,(H,30,31). The Morgan fingerprint density at radius 1 is 1.18 bits per heavy atom. The number of alkyl halides is 3. The van der Waals surface area contributed by atoms with Gasteiger partial charge in [0.05, 0.1) is 17.2 Å². The Hall–Kier alpha value is -3.28. The highest BCUT2D eigenvalue weighted by atomic mass is 79.9. The summed E-state index contributed by atoms with van der Waals surface area (Å²) in [5.74, 6) is -1.70. The number of nitrogens with zero attached hydrogens (tertiary/aromatic N) is 3. The number of imidazole rings is 1. The van der Waals surface area contributed by atoms with Gasteiger partial charge in [-0.2, -0.15) is 17.6 Å². The van der Waals surface area contributed by atoms with Crippen molar-refractivity contribution in [2.24, 2.45) is 0 Å². The largest absolute Gasteiger partial charge is 0.511 e. The van der Waals surface area contributed by atoms with Crippen LogP contribution in [0.1, 0.15) is 29.3 Å². The Bertz CT molecular complexity index is 1240. The first-order valence-electron chi connectivity index (χ1n) is 9.44. The molecule has 33 heavy (non-hydrogen) atoms. The first-order chi connectivity index (χ1) is 15.6. The van der Waals surface area contributed by atoms with Crippen LogP contribution in [0.5, 0.6) is 0 Å². The molecule has 2 N–H and O–H groups in total. The van der Waals surface area contributed by atoms with Crippen LogP contribution in [0.3, 0.4) is 0 Å². The number of pyridine rings is 2. The maximum Gasteiger partial charge on any atom is 0.417 e. The Labute approximate surface area is 192 Å². The van der Waals surface area contributed by atoms with Crippen molar-refractivity contribution in [3.8, 4) is 11.4 Å². The lowest BCUT2D eigenvalue weighted by atomic mass is 9.95. The van der Waals surface area contributed by atoms with Gasteiger partial charge in [0, 0.05) is 24.0 Å². The zero-order chi connectivity index (χ0) is 23.8. The van der Waals surface area contributed by atoms with Crippen LogP contribution in [0, 0.1) is 11.8 Å². The quantitative estimate of drug-likeness (QED) is 0.315. The predicted molar refractivity (Wildman–Crippen MR) is 110 cm³/mol. The molecule has 4 rings (SSSR count). The van der Waals surface area contributed by atoms with Gasteiger partial charge in [0.25, 0.3) is 0 Å². The molecule has 0 saturated carbocycles. The lowest BCUT2D eigenvalue weighted by molar-refractivity contribution is -0.138. The minimum absolute atomic E-state index is 0.0681. The topological polar surface area (TPSA) is 83.9 Å². The summed E-state index contributed by atoms with van der Waals surface area (Å²) in [6, 6.07) is 3.06. The third-order valence-electron chi connectivity index (χ3n) is 4.86. The van der Waals surface area contributed by atoms with E-state index in [9.17, 15) is 27.1 Å². The minimum atomic E-state index is -4.70. The van der Waals surface area contributed by atoms with Crippen molar-refractivity contribution in [1.29, 1.82) is 0 Å². The number of halogens is 6. The molecule has 1 aliphatic carbocycles. The molecule has 3 heterocycles. The number of aromatic nitrogens is 4. The fourth-order valence-corrected chi connectivity index (χ4v) is 3.71. The number of aromatic amines is 1. The van der Waals surface area contributed by atoms with Crippen LogP contribution in [0.25, 0.3) is 11.4 Å². The summed E-state index contributed by atoms with van der Waals surface area (Å²) in [5, 5.41) is 10.5. The molecular weight excluding hydrogens is 515 g/mol.